The molecule has 1 aliphatic heterocycles. The minimum absolute atomic E-state index is 0.211. The summed E-state index contributed by atoms with van der Waals surface area (Å²) in [5, 5.41) is 5.58. The molecule has 0 unspecified atom stereocenters. The first kappa shape index (κ1) is 26.7. The number of ether oxygens (including phenoxy) is 1. The fourth-order valence-electron chi connectivity index (χ4n) is 7.75. The van der Waals surface area contributed by atoms with Crippen LogP contribution in [0.5, 0.6) is 5.75 Å². The molecule has 8 rings (SSSR count). The molecule has 2 aromatic heterocycles. The van der Waals surface area contributed by atoms with E-state index < -0.39 is 5.91 Å². The Balaban J connectivity index is 0.957. The molecule has 0 radical (unpaired) electrons. The Kier molecular flexibility index (Phi) is 6.46. The van der Waals surface area contributed by atoms with Crippen LogP contribution >= 0.6 is 0 Å². The van der Waals surface area contributed by atoms with E-state index in [4.69, 9.17) is 15.0 Å². The molecular weight excluding hydrogens is 536 g/mol. The van der Waals surface area contributed by atoms with E-state index in [0.717, 1.165) is 60.5 Å². The summed E-state index contributed by atoms with van der Waals surface area (Å²) in [5.74, 6) is 2.62. The van der Waals surface area contributed by atoms with Gasteiger partial charge in [-0.1, -0.05) is 29.4 Å². The maximum Gasteiger partial charge on any atom is 0.267 e. The lowest BCUT2D eigenvalue weighted by Gasteiger charge is -2.53. The van der Waals surface area contributed by atoms with Crippen molar-refractivity contribution < 1.29 is 14.1 Å². The van der Waals surface area contributed by atoms with Crippen LogP contribution < -0.4 is 15.4 Å². The Bertz CT molecular complexity index is 1690. The lowest BCUT2D eigenvalue weighted by molar-refractivity contribution is 0.0282. The van der Waals surface area contributed by atoms with Crippen molar-refractivity contribution in [3.63, 3.8) is 0 Å². The van der Waals surface area contributed by atoms with Crippen LogP contribution in [-0.2, 0) is 6.42 Å². The first-order valence-electron chi connectivity index (χ1n) is 16.2. The summed E-state index contributed by atoms with van der Waals surface area (Å²) in [6, 6.07) is 16.6. The summed E-state index contributed by atoms with van der Waals surface area (Å²) in [5.41, 5.74) is 13.2. The maximum absolute atomic E-state index is 11.9. The second-order valence-corrected chi connectivity index (χ2v) is 13.7. The molecule has 43 heavy (non-hydrogen) atoms. The number of aromatic nitrogens is 2. The van der Waals surface area contributed by atoms with Gasteiger partial charge in [0.2, 0.25) is 0 Å². The smallest absolute Gasteiger partial charge is 0.267 e. The van der Waals surface area contributed by atoms with Gasteiger partial charge < -0.3 is 19.9 Å². The molecule has 4 aromatic rings. The Morgan fingerprint density at radius 1 is 1.07 bits per heavy atom. The number of hydrogen-bond acceptors (Lipinski definition) is 6. The summed E-state index contributed by atoms with van der Waals surface area (Å²) >= 11 is 0. The molecule has 7 heteroatoms. The molecule has 1 amide bonds. The highest BCUT2D eigenvalue weighted by Crippen LogP contribution is 2.55. The first-order valence-corrected chi connectivity index (χ1v) is 16.2. The number of nitrogens with zero attached hydrogens (tertiary/aromatic N) is 3. The number of aryl methyl sites for hydroxylation is 1. The van der Waals surface area contributed by atoms with Crippen LogP contribution in [0.15, 0.2) is 53.1 Å². The molecule has 7 nitrogen and oxygen atoms in total. The number of benzene rings is 2. The molecule has 0 bridgehead atoms. The number of nitrogens with two attached hydrogens (primary N) is 1. The predicted octanol–water partition coefficient (Wildman–Crippen LogP) is 7.35. The van der Waals surface area contributed by atoms with E-state index in [2.05, 4.69) is 58.4 Å². The maximum atomic E-state index is 11.9. The van der Waals surface area contributed by atoms with Crippen LogP contribution in [0.1, 0.15) is 91.1 Å². The van der Waals surface area contributed by atoms with Crippen molar-refractivity contribution in [1.82, 2.24) is 10.1 Å². The van der Waals surface area contributed by atoms with Gasteiger partial charge in [0.15, 0.2) is 0 Å². The number of carbonyl (C=O) groups is 1. The summed E-state index contributed by atoms with van der Waals surface area (Å²) in [4.78, 5) is 19.0. The second-order valence-electron chi connectivity index (χ2n) is 13.7. The lowest BCUT2D eigenvalue weighted by atomic mass is 9.56. The number of rotatable bonds is 8. The van der Waals surface area contributed by atoms with Gasteiger partial charge in [-0.15, -0.1) is 0 Å². The van der Waals surface area contributed by atoms with Gasteiger partial charge in [-0.2, -0.15) is 0 Å². The number of amides is 1. The van der Waals surface area contributed by atoms with Gasteiger partial charge >= 0.3 is 0 Å². The molecule has 0 atom stereocenters. The van der Waals surface area contributed by atoms with Crippen LogP contribution in [0.3, 0.4) is 0 Å². The third-order valence-corrected chi connectivity index (χ3v) is 10.6. The van der Waals surface area contributed by atoms with Gasteiger partial charge in [-0.05, 0) is 106 Å². The van der Waals surface area contributed by atoms with E-state index in [9.17, 15) is 4.79 Å². The molecule has 1 saturated heterocycles. The molecule has 2 N–H and O–H groups in total. The quantitative estimate of drug-likeness (QED) is 0.236. The third-order valence-electron chi connectivity index (χ3n) is 10.6. The molecule has 1 spiro atoms. The highest BCUT2D eigenvalue weighted by molar-refractivity contribution is 5.97. The number of carbonyl (C=O) groups excluding carboxylic acids is 1. The summed E-state index contributed by atoms with van der Waals surface area (Å²) in [7, 11) is 0. The molecular formula is C36H40N4O3. The molecule has 222 valence electrons. The van der Waals surface area contributed by atoms with Crippen molar-refractivity contribution in [1.29, 1.82) is 0 Å². The third kappa shape index (κ3) is 4.96. The van der Waals surface area contributed by atoms with Gasteiger partial charge in [0, 0.05) is 47.3 Å². The summed E-state index contributed by atoms with van der Waals surface area (Å²) in [6.07, 6.45) is 12.1. The highest BCUT2D eigenvalue weighted by Gasteiger charge is 2.46. The predicted molar refractivity (Wildman–Crippen MR) is 167 cm³/mol. The van der Waals surface area contributed by atoms with Gasteiger partial charge in [-0.3, -0.25) is 4.79 Å². The number of piperidine rings is 1. The minimum Gasteiger partial charge on any atom is -0.490 e. The van der Waals surface area contributed by atoms with E-state index in [-0.39, 0.29) is 11.8 Å². The van der Waals surface area contributed by atoms with Crippen LogP contribution in [0.2, 0.25) is 0 Å². The Morgan fingerprint density at radius 2 is 1.86 bits per heavy atom. The van der Waals surface area contributed by atoms with Crippen LogP contribution in [0, 0.1) is 18.3 Å². The van der Waals surface area contributed by atoms with Crippen molar-refractivity contribution in [3.8, 4) is 17.0 Å². The summed E-state index contributed by atoms with van der Waals surface area (Å²) in [6.45, 7) is 4.28. The monoisotopic (exact) mass is 576 g/mol. The average Bonchev–Trinajstić information content (AvgIpc) is 3.74. The average molecular weight is 577 g/mol. The molecule has 3 aliphatic carbocycles. The highest BCUT2D eigenvalue weighted by atomic mass is 16.5. The van der Waals surface area contributed by atoms with E-state index in [1.807, 2.05) is 6.07 Å². The van der Waals surface area contributed by atoms with Crippen LogP contribution in [-0.4, -0.2) is 35.2 Å². The Labute approximate surface area is 252 Å². The Hall–Kier alpha value is -3.87. The van der Waals surface area contributed by atoms with Gasteiger partial charge in [-0.25, -0.2) is 4.98 Å². The number of primary amides is 1. The fraction of sp³-hybridized carbons (Fsp3) is 0.472. The van der Waals surface area contributed by atoms with E-state index in [1.165, 1.54) is 67.3 Å². The number of pyridine rings is 1. The number of hydrogen-bond donors (Lipinski definition) is 1. The second kappa shape index (κ2) is 10.4. The van der Waals surface area contributed by atoms with Crippen LogP contribution in [0.25, 0.3) is 22.2 Å². The molecule has 2 aromatic carbocycles. The number of fused-ring (bicyclic) bond motifs is 1. The SMILES string of the molecule is Cc1ccccc1-c1noc(C2CC2)c1CC1CC2(CCN(c3ccc4nc(C(N)=O)cc(OC5CCC5)c4c3)CC2)C1. The summed E-state index contributed by atoms with van der Waals surface area (Å²) < 4.78 is 12.3. The van der Waals surface area contributed by atoms with E-state index in [0.29, 0.717) is 17.3 Å². The van der Waals surface area contributed by atoms with Crippen LogP contribution in [0.4, 0.5) is 5.69 Å². The van der Waals surface area contributed by atoms with Crippen molar-refractivity contribution in [2.45, 2.75) is 83.2 Å². The van der Waals surface area contributed by atoms with Gasteiger partial charge in [0.05, 0.1) is 11.6 Å². The zero-order valence-electron chi connectivity index (χ0n) is 25.0. The molecule has 3 heterocycles. The molecule has 3 saturated carbocycles. The first-order chi connectivity index (χ1) is 20.9. The van der Waals surface area contributed by atoms with Crippen molar-refractivity contribution in [2.75, 3.05) is 18.0 Å². The standard InChI is InChI=1S/C36H40N4O3/c1-22-5-2-3-8-27(22)33-29(34(43-39-33)24-9-10-24)17-23-20-36(21-23)13-15-40(16-14-36)25-11-12-30-28(18-25)32(42-26-6-4-7-26)19-31(38-30)35(37)41/h2-3,5,8,11-12,18-19,23-24,26H,4,6-7,9-10,13-17,20-21H2,1H3,(H2,37,41). The van der Waals surface area contributed by atoms with Crippen molar-refractivity contribution >= 4 is 22.5 Å². The topological polar surface area (TPSA) is 94.5 Å². The normalized spacial score (nSPS) is 20.3. The fourth-order valence-corrected chi connectivity index (χ4v) is 7.75. The van der Waals surface area contributed by atoms with Crippen molar-refractivity contribution in [2.24, 2.45) is 17.1 Å². The van der Waals surface area contributed by atoms with E-state index in [1.54, 1.807) is 6.07 Å². The largest absolute Gasteiger partial charge is 0.490 e. The zero-order chi connectivity index (χ0) is 29.1. The Morgan fingerprint density at radius 3 is 2.56 bits per heavy atom. The zero-order valence-corrected chi connectivity index (χ0v) is 25.0. The van der Waals surface area contributed by atoms with Gasteiger partial charge in [0.1, 0.15) is 22.9 Å². The van der Waals surface area contributed by atoms with Gasteiger partial charge in [0.25, 0.3) is 5.91 Å². The van der Waals surface area contributed by atoms with Crippen molar-refractivity contribution in [3.05, 3.63) is 71.1 Å². The van der Waals surface area contributed by atoms with E-state index >= 15 is 0 Å². The molecule has 4 fully saturated rings. The number of anilines is 1. The lowest BCUT2D eigenvalue weighted by Crippen LogP contribution is -2.47. The minimum atomic E-state index is -0.524. The molecule has 4 aliphatic rings.